The minimum atomic E-state index is -0.561. The van der Waals surface area contributed by atoms with Gasteiger partial charge in [0.05, 0.1) is 41.6 Å². The zero-order chi connectivity index (χ0) is 49.7. The molecular formula is C55H66Cl2N8O4. The third kappa shape index (κ3) is 14.8. The van der Waals surface area contributed by atoms with Gasteiger partial charge in [0, 0.05) is 54.6 Å². The molecule has 0 saturated carbocycles. The number of ether oxygens (including phenoxy) is 1. The van der Waals surface area contributed by atoms with Gasteiger partial charge in [-0.05, 0) is 85.7 Å². The summed E-state index contributed by atoms with van der Waals surface area (Å²) in [6.07, 6.45) is -0.486. The second-order valence-electron chi connectivity index (χ2n) is 19.0. The summed E-state index contributed by atoms with van der Waals surface area (Å²) in [5.74, 6) is 1.86. The maximum atomic E-state index is 13.7. The number of nitrogens with two attached hydrogens (primary N) is 1. The first kappa shape index (κ1) is 52.5. The van der Waals surface area contributed by atoms with E-state index in [2.05, 4.69) is 67.5 Å². The number of halogens is 2. The molecule has 69 heavy (non-hydrogen) atoms. The quantitative estimate of drug-likeness (QED) is 0.0564. The van der Waals surface area contributed by atoms with E-state index in [0.29, 0.717) is 63.9 Å². The lowest BCUT2D eigenvalue weighted by atomic mass is 9.93. The third-order valence-electron chi connectivity index (χ3n) is 11.8. The molecule has 2 heterocycles. The molecule has 7 rings (SSSR count). The lowest BCUT2D eigenvalue weighted by Gasteiger charge is -2.31. The van der Waals surface area contributed by atoms with Crippen molar-refractivity contribution in [1.82, 2.24) is 34.6 Å². The molecule has 12 nitrogen and oxygen atoms in total. The molecule has 0 fully saturated rings. The summed E-state index contributed by atoms with van der Waals surface area (Å²) >= 11 is 12.5. The highest BCUT2D eigenvalue weighted by atomic mass is 35.5. The van der Waals surface area contributed by atoms with Crippen molar-refractivity contribution >= 4 is 51.1 Å². The van der Waals surface area contributed by atoms with E-state index in [1.165, 1.54) is 5.56 Å². The second kappa shape index (κ2) is 24.6. The molecule has 5 aromatic carbocycles. The Kier molecular flexibility index (Phi) is 18.7. The van der Waals surface area contributed by atoms with E-state index in [1.54, 1.807) is 41.0 Å². The van der Waals surface area contributed by atoms with Gasteiger partial charge in [-0.25, -0.2) is 14.8 Å². The number of alkyl carbamates (subject to hydrolysis) is 1. The smallest absolute Gasteiger partial charge is 0.408 e. The fourth-order valence-electron chi connectivity index (χ4n) is 8.26. The number of amides is 1. The second-order valence-corrected chi connectivity index (χ2v) is 19.9. The maximum Gasteiger partial charge on any atom is 0.408 e. The van der Waals surface area contributed by atoms with Crippen molar-refractivity contribution in [2.45, 2.75) is 85.5 Å². The summed E-state index contributed by atoms with van der Waals surface area (Å²) in [5.41, 5.74) is 9.84. The molecule has 0 bridgehead atoms. The molecule has 2 aromatic heterocycles. The van der Waals surface area contributed by atoms with E-state index >= 15 is 0 Å². The Bertz CT molecular complexity index is 2890. The van der Waals surface area contributed by atoms with Gasteiger partial charge in [-0.3, -0.25) is 28.9 Å². The molecule has 2 unspecified atom stereocenters. The fourth-order valence-corrected chi connectivity index (χ4v) is 8.59. The van der Waals surface area contributed by atoms with Crippen molar-refractivity contribution in [3.63, 3.8) is 0 Å². The first-order valence-corrected chi connectivity index (χ1v) is 24.4. The van der Waals surface area contributed by atoms with E-state index in [0.717, 1.165) is 36.6 Å². The van der Waals surface area contributed by atoms with Crippen molar-refractivity contribution in [3.05, 3.63) is 186 Å². The Morgan fingerprint density at radius 1 is 0.681 bits per heavy atom. The van der Waals surface area contributed by atoms with Crippen molar-refractivity contribution in [1.29, 1.82) is 0 Å². The minimum absolute atomic E-state index is 0.0325. The van der Waals surface area contributed by atoms with Gasteiger partial charge in [0.2, 0.25) is 0 Å². The highest BCUT2D eigenvalue weighted by Gasteiger charge is 2.27. The normalized spacial score (nSPS) is 12.6. The van der Waals surface area contributed by atoms with Crippen LogP contribution in [0, 0.1) is 11.8 Å². The van der Waals surface area contributed by atoms with Crippen LogP contribution >= 0.6 is 23.2 Å². The Labute approximate surface area is 415 Å². The molecule has 0 radical (unpaired) electrons. The standard InChI is InChI=1S/C29H33ClN4O.C26H33ClN4O3/c1-21(2)26(20-33(16-15-31)18-22-9-5-3-6-10-22)28-32-27-17-24(30)13-14-25(27)29(35)34(28)19-23-11-7-4-8-12-23;1-17(2)21(14-28-16-29-25(33)34-26(3,4)5)23-30-22-13-19(27)11-12-20(22)24(32)31(23)15-18-9-7-6-8-10-18/h3-14,17,21,26H,15-16,18-20,31H2,1-2H3;6-13,17,21,28H,14-16H2,1-5H3,(H,29,33). The van der Waals surface area contributed by atoms with Crippen LogP contribution < -0.4 is 27.5 Å². The number of fused-ring (bicyclic) bond motifs is 2. The molecule has 4 N–H and O–H groups in total. The van der Waals surface area contributed by atoms with E-state index in [1.807, 2.05) is 92.1 Å². The van der Waals surface area contributed by atoms with Crippen LogP contribution in [-0.2, 0) is 24.4 Å². The Hall–Kier alpha value is -5.89. The van der Waals surface area contributed by atoms with Crippen LogP contribution in [0.15, 0.2) is 137 Å². The number of hydrogen-bond acceptors (Lipinski definition) is 9. The summed E-state index contributed by atoms with van der Waals surface area (Å²) in [6.45, 7) is 18.5. The number of carbonyl (C=O) groups excluding carboxylic acids is 1. The van der Waals surface area contributed by atoms with Gasteiger partial charge in [-0.1, -0.05) is 142 Å². The molecule has 14 heteroatoms. The van der Waals surface area contributed by atoms with Crippen molar-refractivity contribution in [2.24, 2.45) is 17.6 Å². The van der Waals surface area contributed by atoms with E-state index < -0.39 is 11.7 Å². The van der Waals surface area contributed by atoms with Gasteiger partial charge in [-0.15, -0.1) is 0 Å². The van der Waals surface area contributed by atoms with E-state index in [-0.39, 0.29) is 41.5 Å². The number of aromatic nitrogens is 4. The van der Waals surface area contributed by atoms with Crippen LogP contribution in [0.25, 0.3) is 21.8 Å². The lowest BCUT2D eigenvalue weighted by Crippen LogP contribution is -2.40. The molecule has 7 aromatic rings. The predicted molar refractivity (Wildman–Crippen MR) is 281 cm³/mol. The lowest BCUT2D eigenvalue weighted by molar-refractivity contribution is 0.0523. The number of nitrogens with zero attached hydrogens (tertiary/aromatic N) is 5. The molecule has 0 saturated heterocycles. The molecule has 0 aliphatic rings. The Balaban J connectivity index is 0.000000227. The highest BCUT2D eigenvalue weighted by Crippen LogP contribution is 2.28. The highest BCUT2D eigenvalue weighted by molar-refractivity contribution is 6.31. The van der Waals surface area contributed by atoms with Gasteiger partial charge in [-0.2, -0.15) is 0 Å². The first-order valence-electron chi connectivity index (χ1n) is 23.6. The molecule has 0 spiro atoms. The number of hydrogen-bond donors (Lipinski definition) is 3. The van der Waals surface area contributed by atoms with Gasteiger partial charge in [0.15, 0.2) is 0 Å². The number of carbonyl (C=O) groups is 1. The predicted octanol–water partition coefficient (Wildman–Crippen LogP) is 10.2. The zero-order valence-electron chi connectivity index (χ0n) is 40.8. The van der Waals surface area contributed by atoms with Gasteiger partial charge in [0.1, 0.15) is 17.2 Å². The average Bonchev–Trinajstić information content (AvgIpc) is 3.30. The number of benzene rings is 5. The molecule has 0 aliphatic carbocycles. The first-order chi connectivity index (χ1) is 33.0. The molecule has 1 amide bonds. The third-order valence-corrected chi connectivity index (χ3v) is 12.3. The van der Waals surface area contributed by atoms with Crippen LogP contribution in [0.2, 0.25) is 10.0 Å². The van der Waals surface area contributed by atoms with Gasteiger partial charge >= 0.3 is 6.09 Å². The minimum Gasteiger partial charge on any atom is -0.444 e. The van der Waals surface area contributed by atoms with Gasteiger partial charge < -0.3 is 15.8 Å². The summed E-state index contributed by atoms with van der Waals surface area (Å²) < 4.78 is 8.87. The van der Waals surface area contributed by atoms with Gasteiger partial charge in [0.25, 0.3) is 11.1 Å². The van der Waals surface area contributed by atoms with Crippen LogP contribution in [-0.4, -0.2) is 68.5 Å². The summed E-state index contributed by atoms with van der Waals surface area (Å²) in [5, 5.41) is 8.19. The fraction of sp³-hybridized carbons (Fsp3) is 0.364. The molecule has 0 aliphatic heterocycles. The summed E-state index contributed by atoms with van der Waals surface area (Å²) in [6, 6.07) is 40.8. The maximum absolute atomic E-state index is 13.7. The largest absolute Gasteiger partial charge is 0.444 e. The molecule has 364 valence electrons. The van der Waals surface area contributed by atoms with Crippen molar-refractivity contribution in [3.8, 4) is 0 Å². The zero-order valence-corrected chi connectivity index (χ0v) is 42.3. The van der Waals surface area contributed by atoms with Crippen molar-refractivity contribution < 1.29 is 9.53 Å². The van der Waals surface area contributed by atoms with Crippen LogP contribution in [0.4, 0.5) is 4.79 Å². The Morgan fingerprint density at radius 2 is 1.13 bits per heavy atom. The topological polar surface area (TPSA) is 149 Å². The van der Waals surface area contributed by atoms with Crippen LogP contribution in [0.1, 0.15) is 88.6 Å². The average molecular weight is 974 g/mol. The summed E-state index contributed by atoms with van der Waals surface area (Å²) in [4.78, 5) is 51.5. The Morgan fingerprint density at radius 3 is 1.57 bits per heavy atom. The monoisotopic (exact) mass is 972 g/mol. The van der Waals surface area contributed by atoms with E-state index in [9.17, 15) is 14.4 Å². The van der Waals surface area contributed by atoms with E-state index in [4.69, 9.17) is 43.6 Å². The SMILES string of the molecule is CC(C)C(CN(CCN)Cc1ccccc1)c1nc2cc(Cl)ccc2c(=O)n1Cc1ccccc1.CC(C)C(CNCNC(=O)OC(C)(C)C)c1nc2cc(Cl)ccc2c(=O)n1Cc1ccccc1. The molecular weight excluding hydrogens is 908 g/mol. The molecule has 2 atom stereocenters. The number of nitrogens with one attached hydrogen (secondary N) is 2. The summed E-state index contributed by atoms with van der Waals surface area (Å²) in [7, 11) is 0. The van der Waals surface area contributed by atoms with Crippen molar-refractivity contribution in [2.75, 3.05) is 32.8 Å². The number of rotatable bonds is 18. The van der Waals surface area contributed by atoms with Crippen LogP contribution in [0.5, 0.6) is 0 Å². The van der Waals surface area contributed by atoms with Crippen LogP contribution in [0.3, 0.4) is 0 Å².